The zero-order chi connectivity index (χ0) is 28.6. The highest BCUT2D eigenvalue weighted by Gasteiger charge is 2.47. The molecule has 38 heavy (non-hydrogen) atoms. The second-order valence-electron chi connectivity index (χ2n) is 8.51. The highest BCUT2D eigenvalue weighted by atomic mass is 35.5. The maximum absolute atomic E-state index is 14.7. The van der Waals surface area contributed by atoms with Crippen LogP contribution in [0.3, 0.4) is 0 Å². The molecule has 0 aromatic heterocycles. The summed E-state index contributed by atoms with van der Waals surface area (Å²) < 4.78 is 125. The number of rotatable bonds is 8. The molecule has 0 N–H and O–H groups in total. The minimum Gasteiger partial charge on any atom is -0.274 e. The minimum atomic E-state index is -4.96. The van der Waals surface area contributed by atoms with Gasteiger partial charge in [0.2, 0.25) is 11.8 Å². The molecule has 15 heteroatoms. The largest absolute Gasteiger partial charge is 0.417 e. The molecule has 1 fully saturated rings. The van der Waals surface area contributed by atoms with Crippen molar-refractivity contribution >= 4 is 29.4 Å². The van der Waals surface area contributed by atoms with E-state index in [9.17, 15) is 53.9 Å². The molecule has 0 spiro atoms. The third-order valence-electron chi connectivity index (χ3n) is 5.42. The normalized spacial score (nSPS) is 15.5. The molecule has 5 nitrogen and oxygen atoms in total. The van der Waals surface area contributed by atoms with E-state index in [1.807, 2.05) is 0 Å². The van der Waals surface area contributed by atoms with Gasteiger partial charge in [0.15, 0.2) is 11.6 Å². The minimum absolute atomic E-state index is 0.166. The molecule has 0 unspecified atom stereocenters. The quantitative estimate of drug-likeness (QED) is 0.293. The Hall–Kier alpha value is -3.29. The van der Waals surface area contributed by atoms with Crippen molar-refractivity contribution in [3.05, 3.63) is 69.7 Å². The van der Waals surface area contributed by atoms with Crippen LogP contribution in [-0.4, -0.2) is 52.6 Å². The molecule has 0 saturated carbocycles. The molecule has 0 bridgehead atoms. The topological polar surface area (TPSA) is 57.7 Å². The fraction of sp³-hybridized carbons (Fsp3) is 0.348. The number of barbiturate groups is 1. The van der Waals surface area contributed by atoms with Gasteiger partial charge in [-0.3, -0.25) is 19.4 Å². The lowest BCUT2D eigenvalue weighted by atomic mass is 10.0. The SMILES string of the molecule is O=C1CC(=O)N(CC(F)(F)Cc2cccc(F)c2F)C(=O)N1CC(F)(F)Cc1ccc(Cl)c(C(F)(F)F)c1. The maximum atomic E-state index is 14.7. The number of amides is 4. The number of benzene rings is 2. The average molecular weight is 575 g/mol. The lowest BCUT2D eigenvalue weighted by molar-refractivity contribution is -0.149. The molecule has 2 aromatic rings. The Balaban J connectivity index is 1.77. The standard InChI is InChI=1S/C23H16ClF9N2O3/c24-15-5-4-12(6-14(15)23(31,32)33)8-21(27,28)10-34-17(36)7-18(37)35(20(34)38)11-22(29,30)9-13-2-1-3-16(25)19(13)26/h1-6H,7-11H2. The van der Waals surface area contributed by atoms with Crippen LogP contribution in [0.5, 0.6) is 0 Å². The number of imide groups is 2. The van der Waals surface area contributed by atoms with Crippen LogP contribution in [0.25, 0.3) is 0 Å². The van der Waals surface area contributed by atoms with Crippen LogP contribution >= 0.6 is 11.6 Å². The molecule has 4 amide bonds. The Morgan fingerprint density at radius 2 is 1.34 bits per heavy atom. The molecule has 2 aromatic carbocycles. The van der Waals surface area contributed by atoms with Crippen LogP contribution in [0.1, 0.15) is 23.1 Å². The van der Waals surface area contributed by atoms with Gasteiger partial charge in [0.05, 0.1) is 23.7 Å². The third kappa shape index (κ3) is 6.77. The van der Waals surface area contributed by atoms with Crippen molar-refractivity contribution < 1.29 is 53.9 Å². The van der Waals surface area contributed by atoms with E-state index in [1.165, 1.54) is 0 Å². The van der Waals surface area contributed by atoms with Crippen molar-refractivity contribution in [1.29, 1.82) is 0 Å². The number of carbonyl (C=O) groups excluding carboxylic acids is 3. The Kier molecular flexibility index (Phi) is 8.06. The van der Waals surface area contributed by atoms with E-state index in [4.69, 9.17) is 11.6 Å². The predicted octanol–water partition coefficient (Wildman–Crippen LogP) is 5.87. The van der Waals surface area contributed by atoms with Gasteiger partial charge in [-0.05, 0) is 29.3 Å². The molecule has 1 aliphatic heterocycles. The fourth-order valence-electron chi connectivity index (χ4n) is 3.73. The number of hydrogen-bond donors (Lipinski definition) is 0. The van der Waals surface area contributed by atoms with Gasteiger partial charge in [0.25, 0.3) is 11.8 Å². The van der Waals surface area contributed by atoms with Crippen molar-refractivity contribution in [3.8, 4) is 0 Å². The smallest absolute Gasteiger partial charge is 0.274 e. The molecule has 1 aliphatic rings. The number of hydrogen-bond acceptors (Lipinski definition) is 3. The van der Waals surface area contributed by atoms with Gasteiger partial charge in [-0.15, -0.1) is 0 Å². The number of urea groups is 1. The van der Waals surface area contributed by atoms with Crippen LogP contribution in [0.2, 0.25) is 5.02 Å². The number of carbonyl (C=O) groups is 3. The van der Waals surface area contributed by atoms with Crippen molar-refractivity contribution in [3.63, 3.8) is 0 Å². The summed E-state index contributed by atoms with van der Waals surface area (Å²) in [5.74, 6) is -14.0. The first-order chi connectivity index (χ1) is 17.4. The molecule has 3 rings (SSSR count). The Morgan fingerprint density at radius 3 is 1.89 bits per heavy atom. The second kappa shape index (κ2) is 10.5. The molecular weight excluding hydrogens is 559 g/mol. The van der Waals surface area contributed by atoms with Crippen molar-refractivity contribution in [2.45, 2.75) is 37.3 Å². The summed E-state index contributed by atoms with van der Waals surface area (Å²) in [6, 6.07) is 2.59. The molecule has 206 valence electrons. The van der Waals surface area contributed by atoms with Crippen molar-refractivity contribution in [2.24, 2.45) is 0 Å². The van der Waals surface area contributed by atoms with Gasteiger partial charge in [-0.25, -0.2) is 31.1 Å². The highest BCUT2D eigenvalue weighted by Crippen LogP contribution is 2.36. The van der Waals surface area contributed by atoms with E-state index in [-0.39, 0.29) is 9.80 Å². The van der Waals surface area contributed by atoms with E-state index in [0.29, 0.717) is 12.1 Å². The number of nitrogens with zero attached hydrogens (tertiary/aromatic N) is 2. The summed E-state index contributed by atoms with van der Waals surface area (Å²) >= 11 is 5.45. The van der Waals surface area contributed by atoms with Crippen LogP contribution < -0.4 is 0 Å². The molecule has 0 aliphatic carbocycles. The third-order valence-corrected chi connectivity index (χ3v) is 5.75. The van der Waals surface area contributed by atoms with E-state index in [2.05, 4.69) is 0 Å². The number of halogens is 10. The zero-order valence-electron chi connectivity index (χ0n) is 18.9. The Labute approximate surface area is 213 Å². The first-order valence-corrected chi connectivity index (χ1v) is 11.0. The molecule has 1 heterocycles. The second-order valence-corrected chi connectivity index (χ2v) is 8.92. The maximum Gasteiger partial charge on any atom is 0.417 e. The van der Waals surface area contributed by atoms with Gasteiger partial charge >= 0.3 is 12.2 Å². The zero-order valence-corrected chi connectivity index (χ0v) is 19.7. The Bertz CT molecular complexity index is 1270. The van der Waals surface area contributed by atoms with Gasteiger partial charge in [-0.2, -0.15) is 13.2 Å². The number of alkyl halides is 7. The first-order valence-electron chi connectivity index (χ1n) is 10.6. The lowest BCUT2D eigenvalue weighted by Gasteiger charge is -2.36. The van der Waals surface area contributed by atoms with Gasteiger partial charge in [0.1, 0.15) is 6.42 Å². The summed E-state index contributed by atoms with van der Waals surface area (Å²) in [7, 11) is 0. The fourth-order valence-corrected chi connectivity index (χ4v) is 3.95. The summed E-state index contributed by atoms with van der Waals surface area (Å²) in [6.07, 6.45) is -9.05. The predicted molar refractivity (Wildman–Crippen MR) is 114 cm³/mol. The Morgan fingerprint density at radius 1 is 0.789 bits per heavy atom. The van der Waals surface area contributed by atoms with Gasteiger partial charge in [-0.1, -0.05) is 29.8 Å². The highest BCUT2D eigenvalue weighted by molar-refractivity contribution is 6.31. The molecular formula is C23H16ClF9N2O3. The molecule has 0 radical (unpaired) electrons. The van der Waals surface area contributed by atoms with Crippen molar-refractivity contribution in [2.75, 3.05) is 13.1 Å². The average Bonchev–Trinajstić information content (AvgIpc) is 2.78. The summed E-state index contributed by atoms with van der Waals surface area (Å²) in [5.41, 5.74) is -2.74. The van der Waals surface area contributed by atoms with Crippen LogP contribution in [-0.2, 0) is 28.6 Å². The lowest BCUT2D eigenvalue weighted by Crippen LogP contribution is -2.60. The monoisotopic (exact) mass is 574 g/mol. The van der Waals surface area contributed by atoms with Gasteiger partial charge < -0.3 is 0 Å². The first kappa shape index (κ1) is 29.3. The molecule has 1 saturated heterocycles. The van der Waals surface area contributed by atoms with Crippen molar-refractivity contribution in [1.82, 2.24) is 9.80 Å². The van der Waals surface area contributed by atoms with E-state index < -0.39 is 102 Å². The molecule has 0 atom stereocenters. The van der Waals surface area contributed by atoms with E-state index in [0.717, 1.165) is 24.3 Å². The van der Waals surface area contributed by atoms with E-state index >= 15 is 0 Å². The van der Waals surface area contributed by atoms with E-state index in [1.54, 1.807) is 0 Å². The van der Waals surface area contributed by atoms with Crippen LogP contribution in [0, 0.1) is 11.6 Å². The summed E-state index contributed by atoms with van der Waals surface area (Å²) in [5, 5.41) is -0.751. The van der Waals surface area contributed by atoms with Crippen LogP contribution in [0.4, 0.5) is 44.3 Å². The summed E-state index contributed by atoms with van der Waals surface area (Å²) in [6.45, 7) is -3.47. The summed E-state index contributed by atoms with van der Waals surface area (Å²) in [4.78, 5) is 36.5. The van der Waals surface area contributed by atoms with Gasteiger partial charge in [0, 0.05) is 12.8 Å². The van der Waals surface area contributed by atoms with Crippen LogP contribution in [0.15, 0.2) is 36.4 Å².